The highest BCUT2D eigenvalue weighted by atomic mass is 16.6. The van der Waals surface area contributed by atoms with E-state index >= 15 is 0 Å². The van der Waals surface area contributed by atoms with E-state index in [9.17, 15) is 4.79 Å². The molecular weight excluding hydrogens is 492 g/mol. The van der Waals surface area contributed by atoms with Crippen molar-refractivity contribution in [3.63, 3.8) is 0 Å². The van der Waals surface area contributed by atoms with Crippen LogP contribution in [0.1, 0.15) is 43.7 Å². The van der Waals surface area contributed by atoms with Gasteiger partial charge in [0.15, 0.2) is 0 Å². The first-order valence-electron chi connectivity index (χ1n) is 13.2. The molecule has 0 amide bonds. The zero-order chi connectivity index (χ0) is 27.4. The lowest BCUT2D eigenvalue weighted by molar-refractivity contribution is 0.316. The van der Waals surface area contributed by atoms with Crippen LogP contribution < -0.4 is 27.8 Å². The summed E-state index contributed by atoms with van der Waals surface area (Å²) in [4.78, 5) is 31.6. The van der Waals surface area contributed by atoms with Crippen LogP contribution >= 0.6 is 0 Å². The average Bonchev–Trinajstić information content (AvgIpc) is 2.97. The maximum absolute atomic E-state index is 13.5. The van der Waals surface area contributed by atoms with E-state index in [1.54, 1.807) is 23.8 Å². The van der Waals surface area contributed by atoms with Crippen LogP contribution in [0.2, 0.25) is 0 Å². The van der Waals surface area contributed by atoms with Gasteiger partial charge in [-0.1, -0.05) is 24.3 Å². The zero-order valence-corrected chi connectivity index (χ0v) is 22.3. The smallest absolute Gasteiger partial charge is 0.260 e. The number of aromatic nitrogens is 3. The molecule has 3 heterocycles. The van der Waals surface area contributed by atoms with Gasteiger partial charge in [0.1, 0.15) is 5.65 Å². The van der Waals surface area contributed by atoms with Crippen molar-refractivity contribution in [3.8, 4) is 11.1 Å². The molecule has 0 aliphatic carbocycles. The Morgan fingerprint density at radius 2 is 1.92 bits per heavy atom. The van der Waals surface area contributed by atoms with Gasteiger partial charge in [-0.15, -0.1) is 0 Å². The Balaban J connectivity index is 1.42. The molecule has 2 aromatic heterocycles. The Labute approximate surface area is 227 Å². The van der Waals surface area contributed by atoms with E-state index in [1.165, 1.54) is 5.56 Å². The van der Waals surface area contributed by atoms with Gasteiger partial charge < -0.3 is 21.2 Å². The summed E-state index contributed by atoms with van der Waals surface area (Å²) in [6, 6.07) is 15.8. The van der Waals surface area contributed by atoms with Crippen molar-refractivity contribution in [1.82, 2.24) is 19.9 Å². The first kappa shape index (κ1) is 26.3. The molecular formula is C29H34N8O2. The lowest BCUT2D eigenvalue weighted by Crippen LogP contribution is -2.26. The van der Waals surface area contributed by atoms with Gasteiger partial charge in [-0.2, -0.15) is 10.9 Å². The molecule has 1 aliphatic heterocycles. The Kier molecular flexibility index (Phi) is 7.85. The highest BCUT2D eigenvalue weighted by molar-refractivity contribution is 5.85. The quantitative estimate of drug-likeness (QED) is 0.122. The molecule has 0 bridgehead atoms. The molecule has 39 heavy (non-hydrogen) atoms. The maximum atomic E-state index is 13.5. The van der Waals surface area contributed by atoms with E-state index in [1.807, 2.05) is 25.1 Å². The predicted octanol–water partition coefficient (Wildman–Crippen LogP) is 4.08. The third kappa shape index (κ3) is 5.76. The van der Waals surface area contributed by atoms with Gasteiger partial charge in [0.25, 0.3) is 5.56 Å². The first-order chi connectivity index (χ1) is 19.0. The molecule has 1 fully saturated rings. The lowest BCUT2D eigenvalue weighted by atomic mass is 9.90. The Hall–Kier alpha value is -4.28. The highest BCUT2D eigenvalue weighted by Gasteiger charge is 2.16. The van der Waals surface area contributed by atoms with Crippen LogP contribution in [0.25, 0.3) is 22.2 Å². The van der Waals surface area contributed by atoms with E-state index in [0.717, 1.165) is 42.6 Å². The van der Waals surface area contributed by atoms with Crippen molar-refractivity contribution in [2.24, 2.45) is 10.9 Å². The monoisotopic (exact) mass is 526 g/mol. The molecule has 0 atom stereocenters. The van der Waals surface area contributed by atoms with Crippen molar-refractivity contribution >= 4 is 34.3 Å². The number of anilines is 3. The minimum absolute atomic E-state index is 0.161. The Bertz CT molecular complexity index is 1560. The molecule has 10 heteroatoms. The highest BCUT2D eigenvalue weighted by Crippen LogP contribution is 2.29. The van der Waals surface area contributed by atoms with Crippen molar-refractivity contribution in [1.29, 1.82) is 0 Å². The zero-order valence-electron chi connectivity index (χ0n) is 22.3. The molecule has 0 saturated carbocycles. The predicted molar refractivity (Wildman–Crippen MR) is 156 cm³/mol. The summed E-state index contributed by atoms with van der Waals surface area (Å²) in [5, 5.41) is 7.45. The Morgan fingerprint density at radius 1 is 1.15 bits per heavy atom. The third-order valence-corrected chi connectivity index (χ3v) is 7.18. The lowest BCUT2D eigenvalue weighted by Gasteiger charge is -2.23. The molecule has 4 aromatic rings. The minimum Gasteiger partial charge on any atom is -0.398 e. The van der Waals surface area contributed by atoms with E-state index in [-0.39, 0.29) is 5.56 Å². The van der Waals surface area contributed by atoms with E-state index in [2.05, 4.69) is 49.7 Å². The molecule has 2 aromatic carbocycles. The summed E-state index contributed by atoms with van der Waals surface area (Å²) in [5.74, 6) is 6.54. The molecule has 0 unspecified atom stereocenters. The number of nitrogens with one attached hydrogen (secondary N) is 2. The van der Waals surface area contributed by atoms with Crippen LogP contribution in [0.3, 0.4) is 0 Å². The molecule has 5 rings (SSSR count). The second-order valence-corrected chi connectivity index (χ2v) is 9.73. The number of fused-ring (bicyclic) bond motifs is 1. The summed E-state index contributed by atoms with van der Waals surface area (Å²) in [5.41, 5.74) is 11.5. The third-order valence-electron chi connectivity index (χ3n) is 7.18. The number of nitrogens with two attached hydrogens (primary N) is 2. The van der Waals surface area contributed by atoms with Crippen LogP contribution in [0.15, 0.2) is 64.5 Å². The number of aliphatic imine (C=N–C) groups is 1. The van der Waals surface area contributed by atoms with Crippen molar-refractivity contribution in [3.05, 3.63) is 76.2 Å². The second-order valence-electron chi connectivity index (χ2n) is 9.73. The fraction of sp³-hybridized carbons (Fsp3) is 0.310. The van der Waals surface area contributed by atoms with Crippen LogP contribution in [0.4, 0.5) is 17.3 Å². The summed E-state index contributed by atoms with van der Waals surface area (Å²) in [6.07, 6.45) is 4.05. The number of benzene rings is 2. The molecule has 1 aliphatic rings. The van der Waals surface area contributed by atoms with Crippen LogP contribution in [-0.4, -0.2) is 33.5 Å². The topological polar surface area (TPSA) is 145 Å². The van der Waals surface area contributed by atoms with E-state index in [4.69, 9.17) is 16.6 Å². The normalized spacial score (nSPS) is 14.5. The van der Waals surface area contributed by atoms with Gasteiger partial charge in [0.05, 0.1) is 12.1 Å². The molecule has 1 saturated heterocycles. The van der Waals surface area contributed by atoms with Crippen molar-refractivity contribution in [2.45, 2.75) is 45.7 Å². The van der Waals surface area contributed by atoms with Crippen LogP contribution in [-0.2, 0) is 17.9 Å². The number of aryl methyl sites for hydroxylation is 1. The summed E-state index contributed by atoms with van der Waals surface area (Å²) < 4.78 is 1.65. The standard InChI is InChI=1S/C29H34N8O2/c1-3-37-27-22(15-25(28(37)38)24-9-4-19(14-26(24)30)16-33-18(2)39-31)17-34-29(36-27)35-23-7-5-20(6-8-23)21-10-12-32-13-11-21/h4-9,14-15,17,21,32H,3,10-13,16,30-31H2,1-2H3,(H,34,35,36). The molecule has 0 spiro atoms. The van der Waals surface area contributed by atoms with Gasteiger partial charge in [0.2, 0.25) is 11.8 Å². The maximum Gasteiger partial charge on any atom is 0.260 e. The van der Waals surface area contributed by atoms with Gasteiger partial charge in [-0.05, 0) is 74.2 Å². The van der Waals surface area contributed by atoms with E-state index < -0.39 is 0 Å². The Morgan fingerprint density at radius 3 is 2.62 bits per heavy atom. The number of nitrogen functional groups attached to an aromatic ring is 1. The van der Waals surface area contributed by atoms with Crippen molar-refractivity contribution in [2.75, 3.05) is 24.1 Å². The van der Waals surface area contributed by atoms with Crippen LogP contribution in [0, 0.1) is 0 Å². The van der Waals surface area contributed by atoms with Crippen LogP contribution in [0.5, 0.6) is 0 Å². The summed E-state index contributed by atoms with van der Waals surface area (Å²) in [7, 11) is 0. The number of piperidine rings is 1. The van der Waals surface area contributed by atoms with Gasteiger partial charge in [0, 0.05) is 42.0 Å². The molecule has 10 nitrogen and oxygen atoms in total. The number of nitrogens with zero attached hydrogens (tertiary/aromatic N) is 4. The molecule has 6 N–H and O–H groups in total. The second kappa shape index (κ2) is 11.6. The molecule has 202 valence electrons. The number of hydrogen-bond acceptors (Lipinski definition) is 9. The van der Waals surface area contributed by atoms with Gasteiger partial charge in [-0.25, -0.2) is 9.98 Å². The van der Waals surface area contributed by atoms with Gasteiger partial charge >= 0.3 is 0 Å². The fourth-order valence-electron chi connectivity index (χ4n) is 5.02. The SMILES string of the molecule is CCn1c(=O)c(-c2ccc(CN=C(C)ON)cc2N)cc2cnc(Nc3ccc(C4CCNCC4)cc3)nc21. The fourth-order valence-corrected chi connectivity index (χ4v) is 5.02. The molecule has 0 radical (unpaired) electrons. The van der Waals surface area contributed by atoms with Gasteiger partial charge in [-0.3, -0.25) is 9.36 Å². The summed E-state index contributed by atoms with van der Waals surface area (Å²) >= 11 is 0. The number of rotatable bonds is 7. The number of hydrogen-bond donors (Lipinski definition) is 4. The van der Waals surface area contributed by atoms with E-state index in [0.29, 0.717) is 53.3 Å². The largest absolute Gasteiger partial charge is 0.398 e. The average molecular weight is 527 g/mol. The first-order valence-corrected chi connectivity index (χ1v) is 13.2. The minimum atomic E-state index is -0.161. The van der Waals surface area contributed by atoms with Crippen molar-refractivity contribution < 1.29 is 4.84 Å². The number of pyridine rings is 1. The summed E-state index contributed by atoms with van der Waals surface area (Å²) in [6.45, 7) is 6.55.